The van der Waals surface area contributed by atoms with E-state index in [0.717, 1.165) is 12.4 Å². The van der Waals surface area contributed by atoms with Crippen LogP contribution in [0.1, 0.15) is 44.4 Å². The van der Waals surface area contributed by atoms with Crippen molar-refractivity contribution < 1.29 is 22.8 Å². The molecule has 2 rings (SSSR count). The Balaban J connectivity index is 0.000000738. The number of urea groups is 1. The van der Waals surface area contributed by atoms with Crippen molar-refractivity contribution in [3.63, 3.8) is 0 Å². The van der Waals surface area contributed by atoms with Gasteiger partial charge in [0.25, 0.3) is 5.91 Å². The van der Waals surface area contributed by atoms with Gasteiger partial charge in [0.15, 0.2) is 5.84 Å². The highest BCUT2D eigenvalue weighted by molar-refractivity contribution is 6.17. The summed E-state index contributed by atoms with van der Waals surface area (Å²) in [6.07, 6.45) is -0.222. The van der Waals surface area contributed by atoms with E-state index in [4.69, 9.17) is 22.3 Å². The van der Waals surface area contributed by atoms with Gasteiger partial charge in [-0.15, -0.1) is 0 Å². The van der Waals surface area contributed by atoms with Crippen LogP contribution < -0.4 is 22.1 Å². The molecule has 1 aromatic carbocycles. The molecular weight excluding hydrogens is 489 g/mol. The molecule has 2 aromatic rings. The van der Waals surface area contributed by atoms with Crippen molar-refractivity contribution in [2.45, 2.75) is 39.3 Å². The monoisotopic (exact) mass is 518 g/mol. The number of carbonyl (C=O) groups is 2. The number of nitrogens with two attached hydrogens (primary N) is 2. The number of allylic oxidation sites excluding steroid dienone is 1. The standard InChI is InChI=1S/C19H20N8O2.C5H9F3/c1-2-11(9-20)18(28)26-16-5-3-4-15(25-16)17(23)27-19(29)24-13-6-7-14(22)12(8-13)10-21;1-2-3-4-5(6,7)8/h2-10,20-21H,22H2,1H3,(H,25,26,28)(H3,23,24,27,29);2-4H2,1H3/b11-2+,20-9?,21-10?;. The number of benzene rings is 1. The summed E-state index contributed by atoms with van der Waals surface area (Å²) < 4.78 is 33.7. The van der Waals surface area contributed by atoms with Gasteiger partial charge in [-0.3, -0.25) is 4.79 Å². The number of alkyl halides is 3. The van der Waals surface area contributed by atoms with Crippen LogP contribution in [0.25, 0.3) is 0 Å². The first-order valence-corrected chi connectivity index (χ1v) is 11.0. The number of aliphatic imine (C=N–C) groups is 1. The maximum Gasteiger partial charge on any atom is 0.389 e. The topological polar surface area (TPSA) is 183 Å². The summed E-state index contributed by atoms with van der Waals surface area (Å²) in [6, 6.07) is 8.59. The summed E-state index contributed by atoms with van der Waals surface area (Å²) in [4.78, 5) is 32.0. The van der Waals surface area contributed by atoms with Crippen LogP contribution in [-0.2, 0) is 4.79 Å². The van der Waals surface area contributed by atoms with Crippen LogP contribution in [0.3, 0.4) is 0 Å². The first kappa shape index (κ1) is 30.5. The maximum atomic E-state index is 12.1. The van der Waals surface area contributed by atoms with Crippen molar-refractivity contribution in [1.29, 1.82) is 10.8 Å². The van der Waals surface area contributed by atoms with Crippen molar-refractivity contribution in [3.05, 3.63) is 59.3 Å². The molecule has 0 spiro atoms. The number of pyridine rings is 1. The van der Waals surface area contributed by atoms with Gasteiger partial charge in [-0.25, -0.2) is 9.78 Å². The number of amides is 3. The zero-order valence-corrected chi connectivity index (χ0v) is 20.3. The number of aromatic nitrogens is 1. The molecule has 0 radical (unpaired) electrons. The van der Waals surface area contributed by atoms with E-state index in [1.54, 1.807) is 38.1 Å². The van der Waals surface area contributed by atoms with Crippen LogP contribution in [0.2, 0.25) is 0 Å². The molecule has 0 aliphatic heterocycles. The van der Waals surface area contributed by atoms with Crippen molar-refractivity contribution in [2.24, 2.45) is 10.7 Å². The fourth-order valence-electron chi connectivity index (χ4n) is 2.59. The molecule has 0 aliphatic rings. The predicted molar refractivity (Wildman–Crippen MR) is 139 cm³/mol. The average molecular weight is 519 g/mol. The number of carbonyl (C=O) groups excluding carboxylic acids is 2. The van der Waals surface area contributed by atoms with Crippen LogP contribution >= 0.6 is 0 Å². The molecule has 1 aromatic heterocycles. The minimum absolute atomic E-state index is 0.153. The molecule has 198 valence electrons. The van der Waals surface area contributed by atoms with E-state index in [1.807, 2.05) is 0 Å². The largest absolute Gasteiger partial charge is 0.398 e. The summed E-state index contributed by atoms with van der Waals surface area (Å²) in [5, 5.41) is 19.5. The van der Waals surface area contributed by atoms with E-state index in [0.29, 0.717) is 23.4 Å². The molecular formula is C24H29F3N8O2. The Morgan fingerprint density at radius 2 is 1.86 bits per heavy atom. The summed E-state index contributed by atoms with van der Waals surface area (Å²) >= 11 is 0. The first-order chi connectivity index (χ1) is 17.4. The van der Waals surface area contributed by atoms with Gasteiger partial charge in [-0.05, 0) is 43.7 Å². The minimum Gasteiger partial charge on any atom is -0.398 e. The van der Waals surface area contributed by atoms with E-state index in [1.165, 1.54) is 18.2 Å². The zero-order chi connectivity index (χ0) is 28.0. The lowest BCUT2D eigenvalue weighted by molar-refractivity contribution is -0.135. The van der Waals surface area contributed by atoms with Gasteiger partial charge in [-0.2, -0.15) is 18.2 Å². The van der Waals surface area contributed by atoms with Crippen LogP contribution in [0.4, 0.5) is 35.2 Å². The number of hydrogen-bond acceptors (Lipinski definition) is 6. The molecule has 37 heavy (non-hydrogen) atoms. The number of unbranched alkanes of at least 4 members (excludes halogenated alkanes) is 1. The second-order valence-electron chi connectivity index (χ2n) is 7.38. The smallest absolute Gasteiger partial charge is 0.389 e. The van der Waals surface area contributed by atoms with Crippen LogP contribution in [0, 0.1) is 10.8 Å². The number of nitrogens with one attached hydrogen (secondary N) is 4. The van der Waals surface area contributed by atoms with Gasteiger partial charge in [0.1, 0.15) is 11.5 Å². The highest BCUT2D eigenvalue weighted by Gasteiger charge is 2.25. The fourth-order valence-corrected chi connectivity index (χ4v) is 2.59. The van der Waals surface area contributed by atoms with E-state index in [9.17, 15) is 22.8 Å². The highest BCUT2D eigenvalue weighted by Crippen LogP contribution is 2.21. The van der Waals surface area contributed by atoms with Gasteiger partial charge in [0.2, 0.25) is 0 Å². The number of amidine groups is 1. The minimum atomic E-state index is -3.95. The van der Waals surface area contributed by atoms with E-state index in [-0.39, 0.29) is 29.3 Å². The summed E-state index contributed by atoms with van der Waals surface area (Å²) in [5.41, 5.74) is 13.2. The third-order valence-electron chi connectivity index (χ3n) is 4.51. The van der Waals surface area contributed by atoms with Crippen molar-refractivity contribution in [3.8, 4) is 0 Å². The molecule has 0 atom stereocenters. The third kappa shape index (κ3) is 11.2. The van der Waals surface area contributed by atoms with Gasteiger partial charge < -0.3 is 32.9 Å². The van der Waals surface area contributed by atoms with Crippen LogP contribution in [0.5, 0.6) is 0 Å². The van der Waals surface area contributed by atoms with Gasteiger partial charge in [0, 0.05) is 35.8 Å². The maximum absolute atomic E-state index is 12.1. The molecule has 0 saturated heterocycles. The average Bonchev–Trinajstić information content (AvgIpc) is 2.84. The van der Waals surface area contributed by atoms with Gasteiger partial charge in [-0.1, -0.05) is 25.5 Å². The lowest BCUT2D eigenvalue weighted by Crippen LogP contribution is -2.21. The summed E-state index contributed by atoms with van der Waals surface area (Å²) in [6.45, 7) is 3.38. The molecule has 0 bridgehead atoms. The van der Waals surface area contributed by atoms with Crippen molar-refractivity contribution in [1.82, 2.24) is 4.98 Å². The number of nitrogen functional groups attached to an aromatic ring is 1. The Bertz CT molecular complexity index is 1180. The van der Waals surface area contributed by atoms with Crippen molar-refractivity contribution in [2.75, 3.05) is 16.4 Å². The lowest BCUT2D eigenvalue weighted by Gasteiger charge is -2.07. The molecule has 3 amide bonds. The molecule has 1 heterocycles. The number of nitrogens with zero attached hydrogens (tertiary/aromatic N) is 2. The van der Waals surface area contributed by atoms with Crippen molar-refractivity contribution >= 4 is 47.4 Å². The molecule has 0 aliphatic carbocycles. The predicted octanol–water partition coefficient (Wildman–Crippen LogP) is 4.87. The van der Waals surface area contributed by atoms with Crippen LogP contribution in [0.15, 0.2) is 53.0 Å². The molecule has 8 N–H and O–H groups in total. The van der Waals surface area contributed by atoms with Gasteiger partial charge >= 0.3 is 12.2 Å². The molecule has 10 nitrogen and oxygen atoms in total. The Hall–Kier alpha value is -4.55. The Morgan fingerprint density at radius 1 is 1.16 bits per heavy atom. The SMILES string of the molecule is C/C=C(\C=N)C(=O)Nc1cccc(/C(N)=N/C(=O)Nc2ccc(N)c(C=N)c2)n1.CCCCC(F)(F)F. The van der Waals surface area contributed by atoms with E-state index < -0.39 is 24.5 Å². The van der Waals surface area contributed by atoms with E-state index >= 15 is 0 Å². The molecule has 13 heteroatoms. The highest BCUT2D eigenvalue weighted by atomic mass is 19.4. The molecule has 0 unspecified atom stereocenters. The number of anilines is 3. The fraction of sp³-hybridized carbons (Fsp3) is 0.250. The quantitative estimate of drug-likeness (QED) is 0.126. The normalized spacial score (nSPS) is 11.6. The van der Waals surface area contributed by atoms with Gasteiger partial charge in [0.05, 0.1) is 5.57 Å². The number of hydrogen-bond donors (Lipinski definition) is 6. The lowest BCUT2D eigenvalue weighted by atomic mass is 10.2. The zero-order valence-electron chi connectivity index (χ0n) is 20.3. The van der Waals surface area contributed by atoms with Crippen LogP contribution in [-0.4, -0.2) is 41.4 Å². The second kappa shape index (κ2) is 14.8. The summed E-state index contributed by atoms with van der Waals surface area (Å²) in [7, 11) is 0. The number of halogens is 3. The summed E-state index contributed by atoms with van der Waals surface area (Å²) in [5.74, 6) is -0.452. The number of rotatable bonds is 8. The first-order valence-electron chi connectivity index (χ1n) is 11.0. The second-order valence-corrected chi connectivity index (χ2v) is 7.38. The molecule has 0 saturated carbocycles. The Labute approximate surface area is 212 Å². The Kier molecular flexibility index (Phi) is 12.2. The van der Waals surface area contributed by atoms with E-state index in [2.05, 4.69) is 20.6 Å². The molecule has 0 fully saturated rings. The third-order valence-corrected chi connectivity index (χ3v) is 4.51. The Morgan fingerprint density at radius 3 is 2.41 bits per heavy atom.